The van der Waals surface area contributed by atoms with Gasteiger partial charge in [-0.25, -0.2) is 4.99 Å². The summed E-state index contributed by atoms with van der Waals surface area (Å²) in [6.45, 7) is 9.64. The smallest absolute Gasteiger partial charge is 0.192 e. The van der Waals surface area contributed by atoms with Gasteiger partial charge in [0.2, 0.25) is 0 Å². The van der Waals surface area contributed by atoms with Gasteiger partial charge in [0.25, 0.3) is 0 Å². The molecule has 0 spiro atoms. The van der Waals surface area contributed by atoms with Gasteiger partial charge in [0, 0.05) is 23.3 Å². The second-order valence-corrected chi connectivity index (χ2v) is 6.30. The van der Waals surface area contributed by atoms with Crippen molar-refractivity contribution in [3.8, 4) is 0 Å². The number of hydrogen-bond acceptors (Lipinski definition) is 4. The van der Waals surface area contributed by atoms with Crippen molar-refractivity contribution < 1.29 is 0 Å². The Kier molecular flexibility index (Phi) is 8.24. The zero-order chi connectivity index (χ0) is 15.9. The molecular formula is C15H23IN6S. The molecular weight excluding hydrogens is 423 g/mol. The van der Waals surface area contributed by atoms with Gasteiger partial charge in [-0.1, -0.05) is 6.08 Å². The highest BCUT2D eigenvalue weighted by Crippen LogP contribution is 2.14. The van der Waals surface area contributed by atoms with Crippen LogP contribution in [0.25, 0.3) is 0 Å². The summed E-state index contributed by atoms with van der Waals surface area (Å²) >= 11 is 1.78. The van der Waals surface area contributed by atoms with Crippen molar-refractivity contribution in [2.75, 3.05) is 6.54 Å². The number of nitrogens with zero attached hydrogens (tertiary/aromatic N) is 4. The molecule has 0 unspecified atom stereocenters. The van der Waals surface area contributed by atoms with Crippen molar-refractivity contribution in [1.82, 2.24) is 25.4 Å². The fourth-order valence-electron chi connectivity index (χ4n) is 1.83. The minimum absolute atomic E-state index is 0. The van der Waals surface area contributed by atoms with Gasteiger partial charge in [0.1, 0.15) is 12.4 Å². The van der Waals surface area contributed by atoms with Gasteiger partial charge in [-0.05, 0) is 26.0 Å². The van der Waals surface area contributed by atoms with Crippen LogP contribution in [0.1, 0.15) is 21.4 Å². The van der Waals surface area contributed by atoms with Crippen LogP contribution in [-0.4, -0.2) is 27.3 Å². The van der Waals surface area contributed by atoms with Crippen LogP contribution in [0.4, 0.5) is 0 Å². The quantitative estimate of drug-likeness (QED) is 0.310. The van der Waals surface area contributed by atoms with Gasteiger partial charge < -0.3 is 15.2 Å². The number of guanidine groups is 1. The summed E-state index contributed by atoms with van der Waals surface area (Å²) in [5.41, 5.74) is 0. The van der Waals surface area contributed by atoms with Crippen molar-refractivity contribution in [1.29, 1.82) is 0 Å². The van der Waals surface area contributed by atoms with Crippen molar-refractivity contribution in [2.24, 2.45) is 12.0 Å². The molecule has 0 atom stereocenters. The maximum Gasteiger partial charge on any atom is 0.192 e. The number of thiophene rings is 1. The molecule has 0 fully saturated rings. The predicted molar refractivity (Wildman–Crippen MR) is 106 cm³/mol. The lowest BCUT2D eigenvalue weighted by molar-refractivity contribution is 0.760. The first-order valence-corrected chi connectivity index (χ1v) is 7.95. The summed E-state index contributed by atoms with van der Waals surface area (Å²) in [5, 5.41) is 14.7. The summed E-state index contributed by atoms with van der Waals surface area (Å²) < 4.78 is 1.94. The fourth-order valence-corrected chi connectivity index (χ4v) is 2.66. The third-order valence-electron chi connectivity index (χ3n) is 3.20. The van der Waals surface area contributed by atoms with Crippen LogP contribution in [0.3, 0.4) is 0 Å². The van der Waals surface area contributed by atoms with E-state index in [1.807, 2.05) is 18.5 Å². The third-order valence-corrected chi connectivity index (χ3v) is 4.20. The highest BCUT2D eigenvalue weighted by Gasteiger charge is 2.05. The molecule has 0 bridgehead atoms. The molecule has 2 N–H and O–H groups in total. The maximum absolute atomic E-state index is 4.56. The van der Waals surface area contributed by atoms with Crippen molar-refractivity contribution >= 4 is 41.3 Å². The number of nitrogens with one attached hydrogen (secondary N) is 2. The normalized spacial score (nSPS) is 11.0. The van der Waals surface area contributed by atoms with E-state index in [0.717, 1.165) is 24.2 Å². The van der Waals surface area contributed by atoms with E-state index in [0.29, 0.717) is 13.1 Å². The molecule has 0 aliphatic rings. The SMILES string of the molecule is C=CCNC(=NCc1nnc(C)n1C)NCc1ccc(C)s1.I. The van der Waals surface area contributed by atoms with Crippen LogP contribution in [0.5, 0.6) is 0 Å². The van der Waals surface area contributed by atoms with Gasteiger partial charge in [-0.2, -0.15) is 0 Å². The summed E-state index contributed by atoms with van der Waals surface area (Å²) in [6.07, 6.45) is 1.80. The number of aliphatic imine (C=N–C) groups is 1. The summed E-state index contributed by atoms with van der Waals surface area (Å²) in [6, 6.07) is 4.25. The molecule has 0 saturated heterocycles. The molecule has 0 amide bonds. The van der Waals surface area contributed by atoms with Crippen LogP contribution in [0.15, 0.2) is 29.8 Å². The van der Waals surface area contributed by atoms with Gasteiger partial charge in [-0.15, -0.1) is 52.1 Å². The van der Waals surface area contributed by atoms with Crippen molar-refractivity contribution in [3.63, 3.8) is 0 Å². The second-order valence-electron chi connectivity index (χ2n) is 4.92. The van der Waals surface area contributed by atoms with Crippen molar-refractivity contribution in [3.05, 3.63) is 46.2 Å². The molecule has 0 radical (unpaired) electrons. The molecule has 2 heterocycles. The lowest BCUT2D eigenvalue weighted by atomic mass is 10.4. The van der Waals surface area contributed by atoms with Crippen LogP contribution < -0.4 is 10.6 Å². The second kappa shape index (κ2) is 9.66. The first-order chi connectivity index (χ1) is 10.6. The van der Waals surface area contributed by atoms with Gasteiger partial charge >= 0.3 is 0 Å². The summed E-state index contributed by atoms with van der Waals surface area (Å²) in [5.74, 6) is 2.46. The zero-order valence-electron chi connectivity index (χ0n) is 13.7. The Morgan fingerprint density at radius 3 is 2.70 bits per heavy atom. The number of aromatic nitrogens is 3. The third kappa shape index (κ3) is 5.94. The maximum atomic E-state index is 4.56. The minimum Gasteiger partial charge on any atom is -0.353 e. The number of aryl methyl sites for hydroxylation is 2. The topological polar surface area (TPSA) is 67.1 Å². The molecule has 2 rings (SSSR count). The molecule has 0 aliphatic carbocycles. The lowest BCUT2D eigenvalue weighted by Gasteiger charge is -2.10. The fraction of sp³-hybridized carbons (Fsp3) is 0.400. The van der Waals surface area contributed by atoms with Gasteiger partial charge in [0.15, 0.2) is 11.8 Å². The predicted octanol–water partition coefficient (Wildman–Crippen LogP) is 2.53. The van der Waals surface area contributed by atoms with Crippen LogP contribution >= 0.6 is 35.3 Å². The Hall–Kier alpha value is -1.42. The molecule has 0 aromatic carbocycles. The van der Waals surface area contributed by atoms with Gasteiger partial charge in [0.05, 0.1) is 6.54 Å². The Morgan fingerprint density at radius 2 is 2.13 bits per heavy atom. The van der Waals surface area contributed by atoms with E-state index in [1.165, 1.54) is 9.75 Å². The lowest BCUT2D eigenvalue weighted by Crippen LogP contribution is -2.37. The molecule has 0 aliphatic heterocycles. The number of halogens is 1. The van der Waals surface area contributed by atoms with Crippen LogP contribution in [-0.2, 0) is 20.1 Å². The van der Waals surface area contributed by atoms with Crippen molar-refractivity contribution in [2.45, 2.75) is 26.9 Å². The van der Waals surface area contributed by atoms with E-state index >= 15 is 0 Å². The van der Waals surface area contributed by atoms with Gasteiger partial charge in [-0.3, -0.25) is 0 Å². The van der Waals surface area contributed by atoms with E-state index in [9.17, 15) is 0 Å². The van der Waals surface area contributed by atoms with E-state index in [4.69, 9.17) is 0 Å². The van der Waals surface area contributed by atoms with Crippen LogP contribution in [0, 0.1) is 13.8 Å². The van der Waals surface area contributed by atoms with E-state index in [-0.39, 0.29) is 24.0 Å². The van der Waals surface area contributed by atoms with E-state index in [2.05, 4.69) is 51.5 Å². The molecule has 2 aromatic rings. The molecule has 8 heteroatoms. The minimum atomic E-state index is 0. The number of hydrogen-bond donors (Lipinski definition) is 2. The monoisotopic (exact) mass is 446 g/mol. The number of rotatable bonds is 6. The molecule has 6 nitrogen and oxygen atoms in total. The Labute approximate surface area is 158 Å². The average Bonchev–Trinajstić information content (AvgIpc) is 3.06. The zero-order valence-corrected chi connectivity index (χ0v) is 16.8. The van der Waals surface area contributed by atoms with E-state index in [1.54, 1.807) is 17.4 Å². The molecule has 2 aromatic heterocycles. The standard InChI is InChI=1S/C15H22N6S.HI/c1-5-8-16-15(17-9-13-7-6-11(2)22-13)18-10-14-20-19-12(3)21(14)4;/h5-7H,1,8-10H2,2-4H3,(H2,16,17,18);1H. The molecule has 126 valence electrons. The molecule has 23 heavy (non-hydrogen) atoms. The Morgan fingerprint density at radius 1 is 1.35 bits per heavy atom. The molecule has 0 saturated carbocycles. The average molecular weight is 446 g/mol. The highest BCUT2D eigenvalue weighted by atomic mass is 127. The first-order valence-electron chi connectivity index (χ1n) is 7.13. The highest BCUT2D eigenvalue weighted by molar-refractivity contribution is 14.0. The summed E-state index contributed by atoms with van der Waals surface area (Å²) in [4.78, 5) is 7.14. The summed E-state index contributed by atoms with van der Waals surface area (Å²) in [7, 11) is 1.94. The Bertz CT molecular complexity index is 661. The Balaban J connectivity index is 0.00000264. The first kappa shape index (κ1) is 19.6. The van der Waals surface area contributed by atoms with E-state index < -0.39 is 0 Å². The van der Waals surface area contributed by atoms with Crippen LogP contribution in [0.2, 0.25) is 0 Å². The largest absolute Gasteiger partial charge is 0.353 e.